The first-order chi connectivity index (χ1) is 10.7. The molecule has 2 aromatic carbocycles. The molecule has 0 spiro atoms. The van der Waals surface area contributed by atoms with Crippen LogP contribution in [0.1, 0.15) is 30.5 Å². The van der Waals surface area contributed by atoms with Gasteiger partial charge in [-0.15, -0.1) is 0 Å². The summed E-state index contributed by atoms with van der Waals surface area (Å²) in [5.74, 6) is 1.38. The Hall–Kier alpha value is -2.04. The summed E-state index contributed by atoms with van der Waals surface area (Å²) < 4.78 is 11.5. The highest BCUT2D eigenvalue weighted by atomic mass is 16.5. The minimum Gasteiger partial charge on any atom is -0.490 e. The third-order valence-electron chi connectivity index (χ3n) is 3.37. The monoisotopic (exact) mass is 301 g/mol. The zero-order valence-electron chi connectivity index (χ0n) is 12.9. The third kappa shape index (κ3) is 4.48. The van der Waals surface area contributed by atoms with Gasteiger partial charge in [-0.2, -0.15) is 0 Å². The topological polar surface area (TPSA) is 64.7 Å². The standard InChI is InChI=1S/C18H23NO3/c1-2-21-18-12-15(16(19)10-11-20)8-9-17(18)22-13-14-6-4-3-5-7-14/h3-9,12,16,20H,2,10-11,13,19H2,1H3/t16-/m0/s1. The van der Waals surface area contributed by atoms with E-state index in [-0.39, 0.29) is 12.6 Å². The molecule has 0 amide bonds. The minimum atomic E-state index is -0.202. The van der Waals surface area contributed by atoms with Crippen molar-refractivity contribution in [2.24, 2.45) is 5.73 Å². The fraction of sp³-hybridized carbons (Fsp3) is 0.333. The molecule has 0 saturated heterocycles. The highest BCUT2D eigenvalue weighted by Gasteiger charge is 2.11. The Morgan fingerprint density at radius 2 is 1.82 bits per heavy atom. The second kappa shape index (κ2) is 8.41. The van der Waals surface area contributed by atoms with Crippen molar-refractivity contribution in [1.82, 2.24) is 0 Å². The van der Waals surface area contributed by atoms with Crippen LogP contribution in [-0.2, 0) is 6.61 Å². The Kier molecular flexibility index (Phi) is 6.25. The lowest BCUT2D eigenvalue weighted by molar-refractivity contribution is 0.267. The highest BCUT2D eigenvalue weighted by molar-refractivity contribution is 5.44. The minimum absolute atomic E-state index is 0.0669. The van der Waals surface area contributed by atoms with Gasteiger partial charge >= 0.3 is 0 Å². The smallest absolute Gasteiger partial charge is 0.161 e. The number of nitrogens with two attached hydrogens (primary N) is 1. The van der Waals surface area contributed by atoms with Crippen LogP contribution in [0.4, 0.5) is 0 Å². The molecule has 1 atom stereocenters. The summed E-state index contributed by atoms with van der Waals surface area (Å²) in [4.78, 5) is 0. The average Bonchev–Trinajstić information content (AvgIpc) is 2.55. The first kappa shape index (κ1) is 16.3. The summed E-state index contributed by atoms with van der Waals surface area (Å²) in [5, 5.41) is 9.00. The van der Waals surface area contributed by atoms with E-state index in [0.29, 0.717) is 31.1 Å². The van der Waals surface area contributed by atoms with E-state index >= 15 is 0 Å². The van der Waals surface area contributed by atoms with Gasteiger partial charge in [0.05, 0.1) is 6.61 Å². The highest BCUT2D eigenvalue weighted by Crippen LogP contribution is 2.31. The number of hydrogen-bond acceptors (Lipinski definition) is 4. The Morgan fingerprint density at radius 1 is 1.05 bits per heavy atom. The predicted octanol–water partition coefficient (Wildman–Crippen LogP) is 3.05. The molecule has 4 heteroatoms. The molecule has 0 bridgehead atoms. The number of hydrogen-bond donors (Lipinski definition) is 2. The maximum Gasteiger partial charge on any atom is 0.161 e. The Balaban J connectivity index is 2.12. The van der Waals surface area contributed by atoms with E-state index in [2.05, 4.69) is 0 Å². The molecule has 0 aromatic heterocycles. The summed E-state index contributed by atoms with van der Waals surface area (Å²) in [5.41, 5.74) is 8.07. The van der Waals surface area contributed by atoms with Gasteiger partial charge in [0.2, 0.25) is 0 Å². The van der Waals surface area contributed by atoms with Crippen molar-refractivity contribution in [3.05, 3.63) is 59.7 Å². The molecule has 0 aliphatic rings. The summed E-state index contributed by atoms with van der Waals surface area (Å²) in [6, 6.07) is 15.5. The average molecular weight is 301 g/mol. The van der Waals surface area contributed by atoms with E-state index in [9.17, 15) is 0 Å². The van der Waals surface area contributed by atoms with E-state index < -0.39 is 0 Å². The first-order valence-corrected chi connectivity index (χ1v) is 7.54. The number of rotatable bonds is 8. The van der Waals surface area contributed by atoms with Gasteiger partial charge in [0, 0.05) is 12.6 Å². The fourth-order valence-electron chi connectivity index (χ4n) is 2.18. The van der Waals surface area contributed by atoms with Crippen molar-refractivity contribution < 1.29 is 14.6 Å². The molecule has 22 heavy (non-hydrogen) atoms. The molecule has 118 valence electrons. The molecule has 0 saturated carbocycles. The van der Waals surface area contributed by atoms with Gasteiger partial charge in [0.15, 0.2) is 11.5 Å². The molecule has 2 aromatic rings. The molecule has 0 aliphatic heterocycles. The molecule has 0 fully saturated rings. The van der Waals surface area contributed by atoms with Crippen LogP contribution in [0.3, 0.4) is 0 Å². The van der Waals surface area contributed by atoms with E-state index in [1.165, 1.54) is 0 Å². The van der Waals surface area contributed by atoms with Crippen LogP contribution in [0.2, 0.25) is 0 Å². The zero-order valence-corrected chi connectivity index (χ0v) is 12.9. The molecular weight excluding hydrogens is 278 g/mol. The summed E-state index contributed by atoms with van der Waals surface area (Å²) in [7, 11) is 0. The van der Waals surface area contributed by atoms with Crippen LogP contribution < -0.4 is 15.2 Å². The number of aliphatic hydroxyl groups is 1. The van der Waals surface area contributed by atoms with Crippen LogP contribution in [0.15, 0.2) is 48.5 Å². The van der Waals surface area contributed by atoms with Gasteiger partial charge in [0.1, 0.15) is 6.61 Å². The lowest BCUT2D eigenvalue weighted by atomic mass is 10.0. The molecule has 3 N–H and O–H groups in total. The zero-order chi connectivity index (χ0) is 15.8. The molecule has 0 heterocycles. The van der Waals surface area contributed by atoms with Crippen LogP contribution in [0, 0.1) is 0 Å². The lowest BCUT2D eigenvalue weighted by Crippen LogP contribution is -2.12. The normalized spacial score (nSPS) is 12.0. The summed E-state index contributed by atoms with van der Waals surface area (Å²) in [6.45, 7) is 3.04. The second-order valence-corrected chi connectivity index (χ2v) is 5.03. The quantitative estimate of drug-likeness (QED) is 0.786. The van der Waals surface area contributed by atoms with Crippen LogP contribution >= 0.6 is 0 Å². The van der Waals surface area contributed by atoms with Crippen molar-refractivity contribution in [3.63, 3.8) is 0 Å². The van der Waals surface area contributed by atoms with Crippen molar-refractivity contribution in [2.45, 2.75) is 26.0 Å². The maximum atomic E-state index is 9.00. The van der Waals surface area contributed by atoms with Gasteiger partial charge in [-0.25, -0.2) is 0 Å². The Bertz CT molecular complexity index is 572. The Labute approximate surface area is 131 Å². The maximum absolute atomic E-state index is 9.00. The molecule has 0 aliphatic carbocycles. The second-order valence-electron chi connectivity index (χ2n) is 5.03. The molecule has 0 radical (unpaired) electrons. The SMILES string of the molecule is CCOc1cc([C@@H](N)CCO)ccc1OCc1ccccc1. The fourth-order valence-corrected chi connectivity index (χ4v) is 2.18. The van der Waals surface area contributed by atoms with E-state index in [1.54, 1.807) is 0 Å². The van der Waals surface area contributed by atoms with Gasteiger partial charge < -0.3 is 20.3 Å². The Morgan fingerprint density at radius 3 is 2.50 bits per heavy atom. The molecule has 4 nitrogen and oxygen atoms in total. The first-order valence-electron chi connectivity index (χ1n) is 7.54. The molecule has 2 rings (SSSR count). The van der Waals surface area contributed by atoms with Crippen molar-refractivity contribution >= 4 is 0 Å². The molecule has 0 unspecified atom stereocenters. The van der Waals surface area contributed by atoms with E-state index in [4.69, 9.17) is 20.3 Å². The number of benzene rings is 2. The van der Waals surface area contributed by atoms with Crippen LogP contribution in [0.25, 0.3) is 0 Å². The molecular formula is C18H23NO3. The van der Waals surface area contributed by atoms with Gasteiger partial charge in [-0.05, 0) is 36.6 Å². The number of ether oxygens (including phenoxy) is 2. The van der Waals surface area contributed by atoms with Gasteiger partial charge in [-0.3, -0.25) is 0 Å². The van der Waals surface area contributed by atoms with E-state index in [0.717, 1.165) is 11.1 Å². The van der Waals surface area contributed by atoms with Crippen molar-refractivity contribution in [2.75, 3.05) is 13.2 Å². The third-order valence-corrected chi connectivity index (χ3v) is 3.37. The summed E-state index contributed by atoms with van der Waals surface area (Å²) in [6.07, 6.45) is 0.524. The summed E-state index contributed by atoms with van der Waals surface area (Å²) >= 11 is 0. The van der Waals surface area contributed by atoms with Crippen molar-refractivity contribution in [1.29, 1.82) is 0 Å². The van der Waals surface area contributed by atoms with Crippen LogP contribution in [0.5, 0.6) is 11.5 Å². The van der Waals surface area contributed by atoms with E-state index in [1.807, 2.05) is 55.5 Å². The predicted molar refractivity (Wildman–Crippen MR) is 87.0 cm³/mol. The van der Waals surface area contributed by atoms with Gasteiger partial charge in [0.25, 0.3) is 0 Å². The number of aliphatic hydroxyl groups excluding tert-OH is 1. The van der Waals surface area contributed by atoms with Crippen LogP contribution in [-0.4, -0.2) is 18.3 Å². The lowest BCUT2D eigenvalue weighted by Gasteiger charge is -2.16. The largest absolute Gasteiger partial charge is 0.490 e. The van der Waals surface area contributed by atoms with Crippen molar-refractivity contribution in [3.8, 4) is 11.5 Å². The van der Waals surface area contributed by atoms with Gasteiger partial charge in [-0.1, -0.05) is 36.4 Å².